The van der Waals surface area contributed by atoms with Crippen LogP contribution in [0.5, 0.6) is 0 Å². The van der Waals surface area contributed by atoms with E-state index < -0.39 is 0 Å². The molecule has 2 heterocycles. The van der Waals surface area contributed by atoms with E-state index in [-0.39, 0.29) is 12.5 Å². The van der Waals surface area contributed by atoms with Crippen LogP contribution in [0.3, 0.4) is 0 Å². The summed E-state index contributed by atoms with van der Waals surface area (Å²) in [5.41, 5.74) is 0.369. The maximum Gasteiger partial charge on any atom is 0.273 e. The molecule has 7 heteroatoms. The molecule has 1 amide bonds. The lowest BCUT2D eigenvalue weighted by atomic mass is 10.4. The number of anilines is 1. The second-order valence-electron chi connectivity index (χ2n) is 3.49. The lowest BCUT2D eigenvalue weighted by molar-refractivity contribution is 0.102. The molecule has 2 aromatic heterocycles. The standard InChI is InChI=1S/C12H10ClN3O2S/c13-8-5-10(14-6-8)11(18)16-12-15-7-9(19-12)3-1-2-4-17/h5-7,14,17H,2,4H2,(H,15,16,18). The number of rotatable bonds is 3. The molecule has 0 saturated heterocycles. The van der Waals surface area contributed by atoms with Gasteiger partial charge in [-0.25, -0.2) is 4.98 Å². The number of H-pyrrole nitrogens is 1. The van der Waals surface area contributed by atoms with Gasteiger partial charge in [-0.3, -0.25) is 10.1 Å². The number of thiazole rings is 1. The number of aromatic nitrogens is 2. The second kappa shape index (κ2) is 6.38. The molecule has 0 bridgehead atoms. The van der Waals surface area contributed by atoms with Gasteiger partial charge in [-0.2, -0.15) is 0 Å². The number of aliphatic hydroxyl groups is 1. The number of carbonyl (C=O) groups excluding carboxylic acids is 1. The SMILES string of the molecule is O=C(Nc1ncc(C#CCCO)s1)c1cc(Cl)c[nH]1. The molecular formula is C12H10ClN3O2S. The Bertz CT molecular complexity index is 639. The van der Waals surface area contributed by atoms with Gasteiger partial charge in [-0.15, -0.1) is 0 Å². The Morgan fingerprint density at radius 3 is 3.16 bits per heavy atom. The van der Waals surface area contributed by atoms with Gasteiger partial charge in [0.25, 0.3) is 5.91 Å². The first-order valence-electron chi connectivity index (χ1n) is 5.40. The van der Waals surface area contributed by atoms with Crippen LogP contribution in [0.2, 0.25) is 5.02 Å². The number of amides is 1. The molecule has 0 atom stereocenters. The Hall–Kier alpha value is -1.81. The fourth-order valence-corrected chi connectivity index (χ4v) is 2.11. The van der Waals surface area contributed by atoms with Crippen LogP contribution >= 0.6 is 22.9 Å². The molecule has 5 nitrogen and oxygen atoms in total. The Balaban J connectivity index is 2.00. The topological polar surface area (TPSA) is 78.0 Å². The summed E-state index contributed by atoms with van der Waals surface area (Å²) in [4.78, 5) is 19.3. The summed E-state index contributed by atoms with van der Waals surface area (Å²) < 4.78 is 0. The van der Waals surface area contributed by atoms with E-state index in [1.807, 2.05) is 0 Å². The van der Waals surface area contributed by atoms with Gasteiger partial charge in [0.15, 0.2) is 5.13 Å². The highest BCUT2D eigenvalue weighted by Crippen LogP contribution is 2.18. The van der Waals surface area contributed by atoms with Crippen LogP contribution in [0.1, 0.15) is 21.8 Å². The third kappa shape index (κ3) is 3.83. The van der Waals surface area contributed by atoms with Crippen molar-refractivity contribution in [1.29, 1.82) is 0 Å². The van der Waals surface area contributed by atoms with Gasteiger partial charge >= 0.3 is 0 Å². The monoisotopic (exact) mass is 295 g/mol. The van der Waals surface area contributed by atoms with Crippen molar-refractivity contribution in [2.75, 3.05) is 11.9 Å². The highest BCUT2D eigenvalue weighted by atomic mass is 35.5. The summed E-state index contributed by atoms with van der Waals surface area (Å²) in [6, 6.07) is 1.53. The van der Waals surface area contributed by atoms with Crippen molar-refractivity contribution in [2.24, 2.45) is 0 Å². The zero-order valence-electron chi connectivity index (χ0n) is 9.74. The predicted octanol–water partition coefficient (Wildman–Crippen LogP) is 2.11. The predicted molar refractivity (Wildman–Crippen MR) is 74.5 cm³/mol. The van der Waals surface area contributed by atoms with Gasteiger partial charge in [-0.1, -0.05) is 34.8 Å². The van der Waals surface area contributed by atoms with Crippen molar-refractivity contribution in [1.82, 2.24) is 9.97 Å². The van der Waals surface area contributed by atoms with Crippen LogP contribution in [0.4, 0.5) is 5.13 Å². The molecule has 98 valence electrons. The molecule has 0 aliphatic carbocycles. The molecule has 0 aliphatic heterocycles. The van der Waals surface area contributed by atoms with Gasteiger partial charge in [0, 0.05) is 12.6 Å². The zero-order valence-corrected chi connectivity index (χ0v) is 11.3. The second-order valence-corrected chi connectivity index (χ2v) is 4.96. The number of aliphatic hydroxyl groups excluding tert-OH is 1. The highest BCUT2D eigenvalue weighted by molar-refractivity contribution is 7.16. The van der Waals surface area contributed by atoms with Gasteiger partial charge in [0.05, 0.1) is 22.7 Å². The molecule has 3 N–H and O–H groups in total. The van der Waals surface area contributed by atoms with E-state index in [0.717, 1.165) is 4.88 Å². The summed E-state index contributed by atoms with van der Waals surface area (Å²) in [6.07, 6.45) is 3.52. The van der Waals surface area contributed by atoms with Crippen molar-refractivity contribution < 1.29 is 9.90 Å². The number of halogens is 1. The molecule has 2 aromatic rings. The van der Waals surface area contributed by atoms with E-state index in [4.69, 9.17) is 16.7 Å². The Morgan fingerprint density at radius 1 is 1.63 bits per heavy atom. The first-order valence-corrected chi connectivity index (χ1v) is 6.59. The van der Waals surface area contributed by atoms with E-state index in [1.54, 1.807) is 6.20 Å². The summed E-state index contributed by atoms with van der Waals surface area (Å²) in [5, 5.41) is 12.2. The fraction of sp³-hybridized carbons (Fsp3) is 0.167. The smallest absolute Gasteiger partial charge is 0.273 e. The van der Waals surface area contributed by atoms with Gasteiger partial charge in [0.2, 0.25) is 0 Å². The first-order chi connectivity index (χ1) is 9.19. The number of hydrogen-bond donors (Lipinski definition) is 3. The Labute approximate surface area is 118 Å². The number of nitrogens with zero attached hydrogens (tertiary/aromatic N) is 1. The minimum absolute atomic E-state index is 0.0307. The minimum Gasteiger partial charge on any atom is -0.395 e. The summed E-state index contributed by atoms with van der Waals surface area (Å²) in [7, 11) is 0. The maximum absolute atomic E-state index is 11.8. The van der Waals surface area contributed by atoms with Crippen molar-refractivity contribution >= 4 is 34.0 Å². The summed E-state index contributed by atoms with van der Waals surface area (Å²) in [5.74, 6) is 5.33. The van der Waals surface area contributed by atoms with E-state index in [0.29, 0.717) is 22.3 Å². The van der Waals surface area contributed by atoms with Crippen LogP contribution in [0, 0.1) is 11.8 Å². The van der Waals surface area contributed by atoms with Crippen molar-refractivity contribution in [3.05, 3.63) is 34.1 Å². The molecule has 0 aliphatic rings. The quantitative estimate of drug-likeness (QED) is 0.759. The van der Waals surface area contributed by atoms with Gasteiger partial charge in [0.1, 0.15) is 5.69 Å². The summed E-state index contributed by atoms with van der Waals surface area (Å²) >= 11 is 6.99. The van der Waals surface area contributed by atoms with E-state index >= 15 is 0 Å². The highest BCUT2D eigenvalue weighted by Gasteiger charge is 2.10. The lowest BCUT2D eigenvalue weighted by Gasteiger charge is -1.97. The lowest BCUT2D eigenvalue weighted by Crippen LogP contribution is -2.11. The van der Waals surface area contributed by atoms with E-state index in [9.17, 15) is 4.79 Å². The molecule has 2 rings (SSSR count). The average Bonchev–Trinajstić information content (AvgIpc) is 2.99. The van der Waals surface area contributed by atoms with Crippen LogP contribution < -0.4 is 5.32 Å². The molecule has 0 fully saturated rings. The normalized spacial score (nSPS) is 9.79. The van der Waals surface area contributed by atoms with Crippen molar-refractivity contribution in [2.45, 2.75) is 6.42 Å². The van der Waals surface area contributed by atoms with Gasteiger partial charge in [-0.05, 0) is 6.07 Å². The largest absolute Gasteiger partial charge is 0.395 e. The zero-order chi connectivity index (χ0) is 13.7. The van der Waals surface area contributed by atoms with Crippen LogP contribution in [0.15, 0.2) is 18.5 Å². The summed E-state index contributed by atoms with van der Waals surface area (Å²) in [6.45, 7) is 0.0307. The molecule has 0 saturated carbocycles. The average molecular weight is 296 g/mol. The number of nitrogens with one attached hydrogen (secondary N) is 2. The van der Waals surface area contributed by atoms with Gasteiger partial charge < -0.3 is 10.1 Å². The molecule has 19 heavy (non-hydrogen) atoms. The van der Waals surface area contributed by atoms with E-state index in [2.05, 4.69) is 27.1 Å². The maximum atomic E-state index is 11.8. The molecule has 0 unspecified atom stereocenters. The molecular weight excluding hydrogens is 286 g/mol. The molecule has 0 radical (unpaired) electrons. The molecule has 0 spiro atoms. The Kier molecular flexibility index (Phi) is 4.58. The fourth-order valence-electron chi connectivity index (χ4n) is 1.26. The van der Waals surface area contributed by atoms with Crippen LogP contribution in [-0.4, -0.2) is 27.6 Å². The van der Waals surface area contributed by atoms with E-state index in [1.165, 1.54) is 23.6 Å². The van der Waals surface area contributed by atoms with Crippen LogP contribution in [-0.2, 0) is 0 Å². The number of carbonyl (C=O) groups is 1. The minimum atomic E-state index is -0.309. The third-order valence-electron chi connectivity index (χ3n) is 2.07. The van der Waals surface area contributed by atoms with Crippen molar-refractivity contribution in [3.8, 4) is 11.8 Å². The molecule has 0 aromatic carbocycles. The number of aromatic amines is 1. The van der Waals surface area contributed by atoms with Crippen molar-refractivity contribution in [3.63, 3.8) is 0 Å². The first kappa shape index (κ1) is 13.6. The number of hydrogen-bond acceptors (Lipinski definition) is 4. The van der Waals surface area contributed by atoms with Crippen LogP contribution in [0.25, 0.3) is 0 Å². The Morgan fingerprint density at radius 2 is 2.47 bits per heavy atom. The third-order valence-corrected chi connectivity index (χ3v) is 3.11.